The largest absolute Gasteiger partial charge is 0.395 e. The van der Waals surface area contributed by atoms with Crippen LogP contribution in [0.1, 0.15) is 25.7 Å². The summed E-state index contributed by atoms with van der Waals surface area (Å²) >= 11 is 0. The first kappa shape index (κ1) is 8.13. The quantitative estimate of drug-likeness (QED) is 0.603. The average molecular weight is 206 g/mol. The molecule has 0 amide bonds. The fraction of sp³-hybridized carbons (Fsp3) is 0.818. The Morgan fingerprint density at radius 2 is 1.47 bits per heavy atom. The third-order valence-electron chi connectivity index (χ3n) is 4.47. The lowest BCUT2D eigenvalue weighted by Crippen LogP contribution is -2.33. The van der Waals surface area contributed by atoms with Crippen molar-refractivity contribution in [2.75, 3.05) is 13.2 Å². The van der Waals surface area contributed by atoms with Gasteiger partial charge in [0.05, 0.1) is 16.8 Å². The van der Waals surface area contributed by atoms with Gasteiger partial charge in [0.2, 0.25) is 0 Å². The number of hydrogen-bond donors (Lipinski definition) is 0. The molecule has 1 spiro atoms. The molecule has 2 saturated carbocycles. The van der Waals surface area contributed by atoms with Crippen LogP contribution in [0, 0.1) is 17.3 Å². The van der Waals surface area contributed by atoms with E-state index in [-0.39, 0.29) is 5.41 Å². The fourth-order valence-corrected chi connectivity index (χ4v) is 3.71. The topological polar surface area (TPSA) is 43.2 Å². The van der Waals surface area contributed by atoms with E-state index in [2.05, 4.69) is 10.3 Å². The molecular formula is C11H14N2O2. The highest BCUT2D eigenvalue weighted by molar-refractivity contribution is 6.16. The minimum atomic E-state index is 0.141. The maximum atomic E-state index is 5.24. The second-order valence-corrected chi connectivity index (χ2v) is 5.10. The Morgan fingerprint density at radius 3 is 2.00 bits per heavy atom. The van der Waals surface area contributed by atoms with Gasteiger partial charge in [-0.15, -0.1) is 0 Å². The molecule has 0 radical (unpaired) electrons. The first-order chi connectivity index (χ1) is 7.40. The summed E-state index contributed by atoms with van der Waals surface area (Å²) in [5.74, 6) is 1.12. The molecule has 0 aromatic carbocycles. The minimum absolute atomic E-state index is 0.141. The first-order valence-electron chi connectivity index (χ1n) is 5.81. The predicted molar refractivity (Wildman–Crippen MR) is 54.7 cm³/mol. The van der Waals surface area contributed by atoms with Gasteiger partial charge in [-0.05, 0) is 25.7 Å². The average Bonchev–Trinajstić information content (AvgIpc) is 2.95. The van der Waals surface area contributed by atoms with Crippen molar-refractivity contribution in [2.24, 2.45) is 27.6 Å². The minimum Gasteiger partial charge on any atom is -0.395 e. The highest BCUT2D eigenvalue weighted by atomic mass is 16.6. The van der Waals surface area contributed by atoms with Gasteiger partial charge in [-0.3, -0.25) is 0 Å². The molecule has 4 rings (SSSR count). The van der Waals surface area contributed by atoms with Gasteiger partial charge in [-0.2, -0.15) is 0 Å². The second kappa shape index (κ2) is 2.54. The SMILES string of the molecule is C1CC2(CCC3CON=C32)C2=NOCC12. The van der Waals surface area contributed by atoms with Gasteiger partial charge in [-0.1, -0.05) is 10.3 Å². The number of fused-ring (bicyclic) bond motifs is 4. The lowest BCUT2D eigenvalue weighted by molar-refractivity contribution is 0.146. The van der Waals surface area contributed by atoms with Crippen LogP contribution >= 0.6 is 0 Å². The molecule has 0 N–H and O–H groups in total. The Kier molecular flexibility index (Phi) is 1.38. The summed E-state index contributed by atoms with van der Waals surface area (Å²) in [6.07, 6.45) is 4.84. The Bertz CT molecular complexity index is 339. The zero-order valence-electron chi connectivity index (χ0n) is 8.61. The van der Waals surface area contributed by atoms with Gasteiger partial charge < -0.3 is 9.68 Å². The molecule has 4 aliphatic rings. The third-order valence-corrected chi connectivity index (χ3v) is 4.47. The van der Waals surface area contributed by atoms with E-state index >= 15 is 0 Å². The molecular weight excluding hydrogens is 192 g/mol. The molecule has 2 fully saturated rings. The van der Waals surface area contributed by atoms with Crippen LogP contribution in [0.3, 0.4) is 0 Å². The fourth-order valence-electron chi connectivity index (χ4n) is 3.71. The van der Waals surface area contributed by atoms with Crippen LogP contribution in [0.2, 0.25) is 0 Å². The predicted octanol–water partition coefficient (Wildman–Crippen LogP) is 1.57. The molecule has 2 aliphatic heterocycles. The van der Waals surface area contributed by atoms with Crippen LogP contribution in [0.4, 0.5) is 0 Å². The Morgan fingerprint density at radius 1 is 0.933 bits per heavy atom. The zero-order chi connectivity index (χ0) is 9.88. The summed E-state index contributed by atoms with van der Waals surface area (Å²) in [6, 6.07) is 0. The Balaban J connectivity index is 1.82. The Hall–Kier alpha value is -1.06. The molecule has 4 heteroatoms. The van der Waals surface area contributed by atoms with Crippen LogP contribution in [-0.4, -0.2) is 24.6 Å². The third kappa shape index (κ3) is 0.840. The normalized spacial score (nSPS) is 45.9. The summed E-state index contributed by atoms with van der Waals surface area (Å²) in [7, 11) is 0. The molecule has 2 atom stereocenters. The second-order valence-electron chi connectivity index (χ2n) is 5.10. The monoisotopic (exact) mass is 206 g/mol. The van der Waals surface area contributed by atoms with E-state index in [0.29, 0.717) is 11.8 Å². The first-order valence-corrected chi connectivity index (χ1v) is 5.81. The van der Waals surface area contributed by atoms with E-state index < -0.39 is 0 Å². The van der Waals surface area contributed by atoms with Crippen LogP contribution in [0.25, 0.3) is 0 Å². The summed E-state index contributed by atoms with van der Waals surface area (Å²) in [5, 5.41) is 8.55. The summed E-state index contributed by atoms with van der Waals surface area (Å²) < 4.78 is 0. The maximum absolute atomic E-state index is 5.24. The van der Waals surface area contributed by atoms with Crippen LogP contribution in [0.15, 0.2) is 10.3 Å². The molecule has 0 saturated heterocycles. The molecule has 0 aromatic rings. The molecule has 2 aliphatic carbocycles. The maximum Gasteiger partial charge on any atom is 0.125 e. The zero-order valence-corrected chi connectivity index (χ0v) is 8.61. The summed E-state index contributed by atoms with van der Waals surface area (Å²) in [6.45, 7) is 1.58. The molecule has 15 heavy (non-hydrogen) atoms. The van der Waals surface area contributed by atoms with E-state index in [0.717, 1.165) is 13.2 Å². The van der Waals surface area contributed by atoms with Crippen LogP contribution < -0.4 is 0 Å². The van der Waals surface area contributed by atoms with Gasteiger partial charge in [0.25, 0.3) is 0 Å². The van der Waals surface area contributed by atoms with E-state index in [1.807, 2.05) is 0 Å². The van der Waals surface area contributed by atoms with Crippen molar-refractivity contribution in [3.63, 3.8) is 0 Å². The lowest BCUT2D eigenvalue weighted by Gasteiger charge is -2.22. The summed E-state index contributed by atoms with van der Waals surface area (Å²) in [5.41, 5.74) is 2.69. The van der Waals surface area contributed by atoms with Crippen molar-refractivity contribution in [2.45, 2.75) is 25.7 Å². The molecule has 0 aromatic heterocycles. The van der Waals surface area contributed by atoms with Gasteiger partial charge in [-0.25, -0.2) is 0 Å². The van der Waals surface area contributed by atoms with Gasteiger partial charge in [0, 0.05) is 11.8 Å². The van der Waals surface area contributed by atoms with Crippen molar-refractivity contribution < 1.29 is 9.68 Å². The lowest BCUT2D eigenvalue weighted by atomic mass is 9.79. The molecule has 2 unspecified atom stereocenters. The number of hydrogen-bond acceptors (Lipinski definition) is 4. The van der Waals surface area contributed by atoms with E-state index in [4.69, 9.17) is 9.68 Å². The standard InChI is InChI=1S/C11H14N2O2/c1-3-11(9-7(1)5-14-12-9)4-2-8-6-15-13-10(8)11/h7-8H,1-6H2. The number of rotatable bonds is 0. The van der Waals surface area contributed by atoms with Gasteiger partial charge >= 0.3 is 0 Å². The van der Waals surface area contributed by atoms with Crippen LogP contribution in [0.5, 0.6) is 0 Å². The van der Waals surface area contributed by atoms with E-state index in [9.17, 15) is 0 Å². The molecule has 4 nitrogen and oxygen atoms in total. The smallest absolute Gasteiger partial charge is 0.125 e. The Labute approximate surface area is 88.3 Å². The highest BCUT2D eigenvalue weighted by Crippen LogP contribution is 2.53. The van der Waals surface area contributed by atoms with Gasteiger partial charge in [0.15, 0.2) is 0 Å². The van der Waals surface area contributed by atoms with Crippen LogP contribution in [-0.2, 0) is 9.68 Å². The van der Waals surface area contributed by atoms with Crippen molar-refractivity contribution >= 4 is 11.4 Å². The van der Waals surface area contributed by atoms with Crippen molar-refractivity contribution in [1.82, 2.24) is 0 Å². The number of nitrogens with zero attached hydrogens (tertiary/aromatic N) is 2. The van der Waals surface area contributed by atoms with E-state index in [1.54, 1.807) is 0 Å². The van der Waals surface area contributed by atoms with Crippen molar-refractivity contribution in [3.05, 3.63) is 0 Å². The number of oxime groups is 2. The van der Waals surface area contributed by atoms with Gasteiger partial charge in [0.1, 0.15) is 13.2 Å². The van der Waals surface area contributed by atoms with Crippen molar-refractivity contribution in [3.8, 4) is 0 Å². The summed E-state index contributed by atoms with van der Waals surface area (Å²) in [4.78, 5) is 10.5. The highest BCUT2D eigenvalue weighted by Gasteiger charge is 2.58. The van der Waals surface area contributed by atoms with Crippen molar-refractivity contribution in [1.29, 1.82) is 0 Å². The molecule has 0 bridgehead atoms. The molecule has 2 heterocycles. The van der Waals surface area contributed by atoms with E-state index in [1.165, 1.54) is 37.1 Å². The molecule has 80 valence electrons.